The molecule has 2 fully saturated rings. The van der Waals surface area contributed by atoms with Gasteiger partial charge in [0, 0.05) is 12.1 Å². The van der Waals surface area contributed by atoms with Crippen LogP contribution in [0.3, 0.4) is 0 Å². The van der Waals surface area contributed by atoms with Gasteiger partial charge in [-0.05, 0) is 25.0 Å². The first-order valence-electron chi connectivity index (χ1n) is 6.50. The van der Waals surface area contributed by atoms with Gasteiger partial charge in [0.15, 0.2) is 0 Å². The monoisotopic (exact) mass is 262 g/mol. The van der Waals surface area contributed by atoms with Crippen LogP contribution in [0.1, 0.15) is 24.8 Å². The number of rotatable bonds is 2. The number of fused-ring (bicyclic) bond motifs is 1. The van der Waals surface area contributed by atoms with Gasteiger partial charge in [0.25, 0.3) is 0 Å². The van der Waals surface area contributed by atoms with E-state index in [1.807, 2.05) is 0 Å². The Morgan fingerprint density at radius 3 is 2.42 bits per heavy atom. The van der Waals surface area contributed by atoms with Gasteiger partial charge < -0.3 is 5.73 Å². The molecule has 0 aromatic heterocycles. The maximum absolute atomic E-state index is 13.7. The number of hydrogen-bond donors (Lipinski definition) is 1. The van der Waals surface area contributed by atoms with Crippen molar-refractivity contribution in [2.75, 3.05) is 4.90 Å². The molecule has 3 rings (SSSR count). The first kappa shape index (κ1) is 12.3. The van der Waals surface area contributed by atoms with Crippen LogP contribution in [0.25, 0.3) is 0 Å². The van der Waals surface area contributed by atoms with Crippen molar-refractivity contribution in [1.29, 1.82) is 0 Å². The molecule has 0 bridgehead atoms. The van der Waals surface area contributed by atoms with Crippen molar-refractivity contribution in [2.45, 2.75) is 25.8 Å². The molecule has 2 atom stereocenters. The van der Waals surface area contributed by atoms with Crippen LogP contribution in [0.15, 0.2) is 18.2 Å². The summed E-state index contributed by atoms with van der Waals surface area (Å²) in [5.74, 6) is -1.32. The van der Waals surface area contributed by atoms with Crippen molar-refractivity contribution < 1.29 is 14.0 Å². The van der Waals surface area contributed by atoms with Crippen molar-refractivity contribution >= 4 is 17.5 Å². The molecule has 1 aliphatic carbocycles. The van der Waals surface area contributed by atoms with Gasteiger partial charge in [-0.3, -0.25) is 9.59 Å². The van der Waals surface area contributed by atoms with E-state index in [4.69, 9.17) is 5.73 Å². The lowest BCUT2D eigenvalue weighted by Gasteiger charge is -2.19. The fourth-order valence-electron chi connectivity index (χ4n) is 3.19. The molecule has 4 nitrogen and oxygen atoms in total. The summed E-state index contributed by atoms with van der Waals surface area (Å²) in [5.41, 5.74) is 6.07. The molecule has 2 amide bonds. The lowest BCUT2D eigenvalue weighted by molar-refractivity contribution is -0.122. The quantitative estimate of drug-likeness (QED) is 0.823. The Hall–Kier alpha value is -1.75. The Bertz CT molecular complexity index is 536. The van der Waals surface area contributed by atoms with E-state index in [1.54, 1.807) is 6.07 Å². The predicted octanol–water partition coefficient (Wildman–Crippen LogP) is 1.57. The maximum atomic E-state index is 13.7. The Balaban J connectivity index is 2.06. The Labute approximate surface area is 110 Å². The van der Waals surface area contributed by atoms with Crippen LogP contribution in [0.2, 0.25) is 0 Å². The van der Waals surface area contributed by atoms with Gasteiger partial charge in [-0.15, -0.1) is 0 Å². The van der Waals surface area contributed by atoms with E-state index in [1.165, 1.54) is 12.1 Å². The van der Waals surface area contributed by atoms with Crippen LogP contribution in [-0.2, 0) is 16.1 Å². The number of imide groups is 1. The number of benzene rings is 1. The summed E-state index contributed by atoms with van der Waals surface area (Å²) in [6, 6.07) is 4.37. The number of nitrogens with two attached hydrogens (primary N) is 1. The van der Waals surface area contributed by atoms with E-state index < -0.39 is 5.82 Å². The van der Waals surface area contributed by atoms with Crippen LogP contribution in [0, 0.1) is 17.7 Å². The molecular weight excluding hydrogens is 247 g/mol. The highest BCUT2D eigenvalue weighted by atomic mass is 19.1. The summed E-state index contributed by atoms with van der Waals surface area (Å²) in [4.78, 5) is 25.8. The molecule has 1 heterocycles. The zero-order valence-corrected chi connectivity index (χ0v) is 10.4. The van der Waals surface area contributed by atoms with E-state index in [-0.39, 0.29) is 35.8 Å². The molecule has 1 aliphatic heterocycles. The lowest BCUT2D eigenvalue weighted by Crippen LogP contribution is -2.33. The van der Waals surface area contributed by atoms with Crippen LogP contribution >= 0.6 is 0 Å². The van der Waals surface area contributed by atoms with Crippen molar-refractivity contribution in [2.24, 2.45) is 17.6 Å². The molecular formula is C14H15FN2O2. The first-order chi connectivity index (χ1) is 9.15. The molecule has 0 spiro atoms. The van der Waals surface area contributed by atoms with Gasteiger partial charge >= 0.3 is 0 Å². The molecule has 100 valence electrons. The van der Waals surface area contributed by atoms with Gasteiger partial charge in [-0.1, -0.05) is 12.5 Å². The standard InChI is InChI=1S/C14H15FN2O2/c15-11-5-2-6-12(10(11)7-16)17-13(18)8-3-1-4-9(8)14(17)19/h2,5-6,8-9H,1,3-4,7,16H2. The molecule has 1 aromatic rings. The lowest BCUT2D eigenvalue weighted by atomic mass is 10.00. The van der Waals surface area contributed by atoms with Crippen LogP contribution in [0.4, 0.5) is 10.1 Å². The molecule has 1 saturated carbocycles. The number of nitrogens with zero attached hydrogens (tertiary/aromatic N) is 1. The molecule has 2 aliphatic rings. The fourth-order valence-corrected chi connectivity index (χ4v) is 3.19. The predicted molar refractivity (Wildman–Crippen MR) is 67.6 cm³/mol. The molecule has 1 aromatic carbocycles. The minimum absolute atomic E-state index is 0.0333. The normalized spacial score (nSPS) is 26.1. The highest BCUT2D eigenvalue weighted by Crippen LogP contribution is 2.42. The summed E-state index contributed by atoms with van der Waals surface area (Å²) in [7, 11) is 0. The van der Waals surface area contributed by atoms with Crippen molar-refractivity contribution in [1.82, 2.24) is 0 Å². The third-order valence-corrected chi connectivity index (χ3v) is 4.13. The van der Waals surface area contributed by atoms with Gasteiger partial charge in [-0.2, -0.15) is 0 Å². The second-order valence-corrected chi connectivity index (χ2v) is 5.10. The Kier molecular flexibility index (Phi) is 2.86. The summed E-state index contributed by atoms with van der Waals surface area (Å²) >= 11 is 0. The van der Waals surface area contributed by atoms with Crippen molar-refractivity contribution in [3.8, 4) is 0 Å². The minimum Gasteiger partial charge on any atom is -0.326 e. The van der Waals surface area contributed by atoms with Crippen LogP contribution in [0.5, 0.6) is 0 Å². The van der Waals surface area contributed by atoms with Crippen molar-refractivity contribution in [3.05, 3.63) is 29.6 Å². The fraction of sp³-hybridized carbons (Fsp3) is 0.429. The molecule has 0 radical (unpaired) electrons. The van der Waals surface area contributed by atoms with E-state index in [0.717, 1.165) is 24.2 Å². The van der Waals surface area contributed by atoms with E-state index in [2.05, 4.69) is 0 Å². The average molecular weight is 262 g/mol. The number of hydrogen-bond acceptors (Lipinski definition) is 3. The van der Waals surface area contributed by atoms with E-state index in [0.29, 0.717) is 5.69 Å². The zero-order chi connectivity index (χ0) is 13.6. The number of carbonyl (C=O) groups is 2. The van der Waals surface area contributed by atoms with Gasteiger partial charge in [0.2, 0.25) is 11.8 Å². The third kappa shape index (κ3) is 1.69. The second-order valence-electron chi connectivity index (χ2n) is 5.10. The minimum atomic E-state index is -0.474. The smallest absolute Gasteiger partial charge is 0.237 e. The highest BCUT2D eigenvalue weighted by molar-refractivity contribution is 6.22. The van der Waals surface area contributed by atoms with E-state index in [9.17, 15) is 14.0 Å². The average Bonchev–Trinajstić information content (AvgIpc) is 2.95. The van der Waals surface area contributed by atoms with Crippen molar-refractivity contribution in [3.63, 3.8) is 0 Å². The first-order valence-corrected chi connectivity index (χ1v) is 6.50. The molecule has 19 heavy (non-hydrogen) atoms. The summed E-state index contributed by atoms with van der Waals surface area (Å²) in [6.07, 6.45) is 2.41. The SMILES string of the molecule is NCc1c(F)cccc1N1C(=O)C2CCCC2C1=O. The number of anilines is 1. The summed E-state index contributed by atoms with van der Waals surface area (Å²) in [5, 5.41) is 0. The summed E-state index contributed by atoms with van der Waals surface area (Å²) in [6.45, 7) is -0.0333. The highest BCUT2D eigenvalue weighted by Gasteiger charge is 2.50. The molecule has 1 saturated heterocycles. The third-order valence-electron chi connectivity index (χ3n) is 4.13. The van der Waals surface area contributed by atoms with E-state index >= 15 is 0 Å². The largest absolute Gasteiger partial charge is 0.326 e. The molecule has 5 heteroatoms. The number of amides is 2. The van der Waals surface area contributed by atoms with Gasteiger partial charge in [0.1, 0.15) is 5.82 Å². The number of carbonyl (C=O) groups excluding carboxylic acids is 2. The van der Waals surface area contributed by atoms with Gasteiger partial charge in [-0.25, -0.2) is 9.29 Å². The Morgan fingerprint density at radius 2 is 1.84 bits per heavy atom. The van der Waals surface area contributed by atoms with Crippen LogP contribution in [-0.4, -0.2) is 11.8 Å². The zero-order valence-electron chi connectivity index (χ0n) is 10.4. The topological polar surface area (TPSA) is 63.4 Å². The maximum Gasteiger partial charge on any atom is 0.237 e. The van der Waals surface area contributed by atoms with Crippen LogP contribution < -0.4 is 10.6 Å². The number of halogens is 1. The molecule has 2 unspecified atom stereocenters. The van der Waals surface area contributed by atoms with Gasteiger partial charge in [0.05, 0.1) is 17.5 Å². The molecule has 2 N–H and O–H groups in total. The Morgan fingerprint density at radius 1 is 1.21 bits per heavy atom. The summed E-state index contributed by atoms with van der Waals surface area (Å²) < 4.78 is 13.7. The second kappa shape index (κ2) is 4.42.